The number of hydrogen-bond acceptors (Lipinski definition) is 3. The molecule has 0 fully saturated rings. The maximum Gasteiger partial charge on any atom is 0.239 e. The third-order valence-corrected chi connectivity index (χ3v) is 3.68. The van der Waals surface area contributed by atoms with E-state index in [9.17, 15) is 14.7 Å². The first kappa shape index (κ1) is 17.7. The van der Waals surface area contributed by atoms with E-state index in [-0.39, 0.29) is 31.3 Å². The first-order chi connectivity index (χ1) is 11.5. The molecule has 1 unspecified atom stereocenters. The Kier molecular flexibility index (Phi) is 6.09. The van der Waals surface area contributed by atoms with Crippen molar-refractivity contribution in [2.75, 3.05) is 13.1 Å². The number of amides is 2. The van der Waals surface area contributed by atoms with Gasteiger partial charge in [-0.25, -0.2) is 0 Å². The number of aliphatic hydroxyl groups is 1. The van der Waals surface area contributed by atoms with Gasteiger partial charge in [-0.3, -0.25) is 9.59 Å². The van der Waals surface area contributed by atoms with Gasteiger partial charge in [0.05, 0.1) is 19.5 Å². The summed E-state index contributed by atoms with van der Waals surface area (Å²) in [7, 11) is 0. The molecule has 0 aliphatic carbocycles. The fourth-order valence-corrected chi connectivity index (χ4v) is 2.26. The first-order valence-corrected chi connectivity index (χ1v) is 7.82. The van der Waals surface area contributed by atoms with Crippen LogP contribution in [0.1, 0.15) is 18.1 Å². The normalized spacial score (nSPS) is 12.9. The van der Waals surface area contributed by atoms with Crippen LogP contribution in [0.15, 0.2) is 60.7 Å². The summed E-state index contributed by atoms with van der Waals surface area (Å²) in [6.07, 6.45) is 0.232. The lowest BCUT2D eigenvalue weighted by Crippen LogP contribution is -2.43. The van der Waals surface area contributed by atoms with E-state index in [0.717, 1.165) is 11.1 Å². The van der Waals surface area contributed by atoms with Crippen molar-refractivity contribution in [3.63, 3.8) is 0 Å². The van der Waals surface area contributed by atoms with Gasteiger partial charge in [0.1, 0.15) is 5.60 Å². The molecular formula is C19H22N2O3. The monoisotopic (exact) mass is 326 g/mol. The zero-order chi connectivity index (χ0) is 17.4. The summed E-state index contributed by atoms with van der Waals surface area (Å²) in [5, 5.41) is 15.6. The van der Waals surface area contributed by atoms with Crippen molar-refractivity contribution in [2.24, 2.45) is 0 Å². The lowest BCUT2D eigenvalue weighted by molar-refractivity contribution is -0.126. The van der Waals surface area contributed by atoms with E-state index in [1.807, 2.05) is 48.5 Å². The Labute approximate surface area is 141 Å². The highest BCUT2D eigenvalue weighted by Crippen LogP contribution is 2.18. The third kappa shape index (κ3) is 5.52. The fourth-order valence-electron chi connectivity index (χ4n) is 2.26. The maximum absolute atomic E-state index is 11.8. The minimum absolute atomic E-state index is 0.0738. The Balaban J connectivity index is 1.74. The van der Waals surface area contributed by atoms with Gasteiger partial charge in [0.25, 0.3) is 0 Å². The highest BCUT2D eigenvalue weighted by Gasteiger charge is 2.23. The van der Waals surface area contributed by atoms with Gasteiger partial charge in [0.2, 0.25) is 11.8 Å². The molecule has 0 aliphatic rings. The maximum atomic E-state index is 11.8. The summed E-state index contributed by atoms with van der Waals surface area (Å²) >= 11 is 0. The number of rotatable bonds is 7. The summed E-state index contributed by atoms with van der Waals surface area (Å²) in [6.45, 7) is 1.59. The van der Waals surface area contributed by atoms with Crippen LogP contribution in [0, 0.1) is 0 Å². The lowest BCUT2D eigenvalue weighted by atomic mass is 9.96. The van der Waals surface area contributed by atoms with E-state index in [0.29, 0.717) is 0 Å². The van der Waals surface area contributed by atoms with Gasteiger partial charge in [-0.2, -0.15) is 0 Å². The molecule has 0 aliphatic heterocycles. The van der Waals surface area contributed by atoms with E-state index in [2.05, 4.69) is 10.6 Å². The van der Waals surface area contributed by atoms with Crippen LogP contribution < -0.4 is 10.6 Å². The van der Waals surface area contributed by atoms with Gasteiger partial charge in [-0.05, 0) is 18.1 Å². The Hall–Kier alpha value is -2.66. The van der Waals surface area contributed by atoms with Crippen LogP contribution in [0.3, 0.4) is 0 Å². The van der Waals surface area contributed by atoms with Gasteiger partial charge in [-0.15, -0.1) is 0 Å². The average Bonchev–Trinajstić information content (AvgIpc) is 2.60. The molecule has 0 aromatic heterocycles. The average molecular weight is 326 g/mol. The molecule has 2 aromatic rings. The van der Waals surface area contributed by atoms with Crippen molar-refractivity contribution in [3.8, 4) is 0 Å². The van der Waals surface area contributed by atoms with Crippen molar-refractivity contribution in [1.29, 1.82) is 0 Å². The van der Waals surface area contributed by atoms with Crippen LogP contribution in [0.25, 0.3) is 0 Å². The zero-order valence-electron chi connectivity index (χ0n) is 13.7. The molecule has 0 spiro atoms. The standard InChI is InChI=1S/C19H22N2O3/c1-19(24,16-10-6-3-7-11-16)14-21-18(23)13-20-17(22)12-15-8-4-2-5-9-15/h2-11,24H,12-14H2,1H3,(H,20,22)(H,21,23). The molecule has 5 heteroatoms. The molecule has 1 atom stereocenters. The second-order valence-electron chi connectivity index (χ2n) is 5.86. The highest BCUT2D eigenvalue weighted by molar-refractivity contribution is 5.85. The Bertz CT molecular complexity index is 670. The molecular weight excluding hydrogens is 304 g/mol. The van der Waals surface area contributed by atoms with Crippen molar-refractivity contribution >= 4 is 11.8 Å². The largest absolute Gasteiger partial charge is 0.384 e. The number of carbonyl (C=O) groups is 2. The molecule has 0 radical (unpaired) electrons. The van der Waals surface area contributed by atoms with Crippen LogP contribution in [0.5, 0.6) is 0 Å². The smallest absolute Gasteiger partial charge is 0.239 e. The summed E-state index contributed by atoms with van der Waals surface area (Å²) in [5.41, 5.74) is 0.450. The van der Waals surface area contributed by atoms with Gasteiger partial charge < -0.3 is 15.7 Å². The molecule has 126 valence electrons. The summed E-state index contributed by atoms with van der Waals surface area (Å²) in [6, 6.07) is 18.4. The van der Waals surface area contributed by atoms with Gasteiger partial charge in [0.15, 0.2) is 0 Å². The molecule has 24 heavy (non-hydrogen) atoms. The second-order valence-corrected chi connectivity index (χ2v) is 5.86. The molecule has 3 N–H and O–H groups in total. The Morgan fingerprint density at radius 2 is 1.50 bits per heavy atom. The molecule has 2 amide bonds. The van der Waals surface area contributed by atoms with Crippen LogP contribution in [-0.2, 0) is 21.6 Å². The minimum atomic E-state index is -1.16. The SMILES string of the molecule is CC(O)(CNC(=O)CNC(=O)Cc1ccccc1)c1ccccc1. The molecule has 0 saturated carbocycles. The second kappa shape index (κ2) is 8.26. The van der Waals surface area contributed by atoms with E-state index in [1.165, 1.54) is 0 Å². The summed E-state index contributed by atoms with van der Waals surface area (Å²) in [4.78, 5) is 23.6. The summed E-state index contributed by atoms with van der Waals surface area (Å²) < 4.78 is 0. The van der Waals surface area contributed by atoms with Gasteiger partial charge in [-0.1, -0.05) is 60.7 Å². The molecule has 0 saturated heterocycles. The van der Waals surface area contributed by atoms with E-state index >= 15 is 0 Å². The fraction of sp³-hybridized carbons (Fsp3) is 0.263. The van der Waals surface area contributed by atoms with Gasteiger partial charge >= 0.3 is 0 Å². The molecule has 0 bridgehead atoms. The van der Waals surface area contributed by atoms with Crippen molar-refractivity contribution < 1.29 is 14.7 Å². The Morgan fingerprint density at radius 1 is 0.917 bits per heavy atom. The predicted molar refractivity (Wildman–Crippen MR) is 92.2 cm³/mol. The quantitative estimate of drug-likeness (QED) is 0.719. The number of hydrogen-bond donors (Lipinski definition) is 3. The van der Waals surface area contributed by atoms with Crippen molar-refractivity contribution in [3.05, 3.63) is 71.8 Å². The number of benzene rings is 2. The van der Waals surface area contributed by atoms with E-state index < -0.39 is 5.60 Å². The molecule has 2 rings (SSSR count). The summed E-state index contributed by atoms with van der Waals surface area (Å²) in [5.74, 6) is -0.557. The molecule has 0 heterocycles. The topological polar surface area (TPSA) is 78.4 Å². The predicted octanol–water partition coefficient (Wildman–Crippen LogP) is 1.37. The van der Waals surface area contributed by atoms with Crippen LogP contribution in [0.4, 0.5) is 0 Å². The van der Waals surface area contributed by atoms with Crippen LogP contribution >= 0.6 is 0 Å². The number of nitrogens with one attached hydrogen (secondary N) is 2. The van der Waals surface area contributed by atoms with Crippen molar-refractivity contribution in [2.45, 2.75) is 18.9 Å². The molecule has 5 nitrogen and oxygen atoms in total. The molecule has 2 aromatic carbocycles. The highest BCUT2D eigenvalue weighted by atomic mass is 16.3. The zero-order valence-corrected chi connectivity index (χ0v) is 13.7. The first-order valence-electron chi connectivity index (χ1n) is 7.82. The lowest BCUT2D eigenvalue weighted by Gasteiger charge is -2.24. The third-order valence-electron chi connectivity index (χ3n) is 3.68. The Morgan fingerprint density at radius 3 is 2.12 bits per heavy atom. The van der Waals surface area contributed by atoms with Crippen LogP contribution in [-0.4, -0.2) is 30.0 Å². The van der Waals surface area contributed by atoms with Gasteiger partial charge in [0, 0.05) is 0 Å². The minimum Gasteiger partial charge on any atom is -0.384 e. The van der Waals surface area contributed by atoms with E-state index in [4.69, 9.17) is 0 Å². The number of carbonyl (C=O) groups excluding carboxylic acids is 2. The van der Waals surface area contributed by atoms with Crippen molar-refractivity contribution in [1.82, 2.24) is 10.6 Å². The van der Waals surface area contributed by atoms with Crippen LogP contribution in [0.2, 0.25) is 0 Å². The van der Waals surface area contributed by atoms with E-state index in [1.54, 1.807) is 19.1 Å².